The van der Waals surface area contributed by atoms with Crippen LogP contribution in [0.25, 0.3) is 0 Å². The van der Waals surface area contributed by atoms with Crippen LogP contribution >= 0.6 is 0 Å². The zero-order valence-corrected chi connectivity index (χ0v) is 11.7. The van der Waals surface area contributed by atoms with Crippen molar-refractivity contribution in [3.8, 4) is 5.75 Å². The molecule has 0 unspecified atom stereocenters. The summed E-state index contributed by atoms with van der Waals surface area (Å²) in [4.78, 5) is 0. The minimum Gasteiger partial charge on any atom is -0.496 e. The molecule has 0 aliphatic heterocycles. The molecule has 2 heteroatoms. The normalized spacial score (nSPS) is 25.7. The molecule has 2 nitrogen and oxygen atoms in total. The Morgan fingerprint density at radius 1 is 1.37 bits per heavy atom. The molecule has 0 heterocycles. The fraction of sp³-hybridized carbons (Fsp3) is 0.529. The summed E-state index contributed by atoms with van der Waals surface area (Å²) < 4.78 is 5.60. The molecule has 2 aliphatic carbocycles. The fourth-order valence-electron chi connectivity index (χ4n) is 3.33. The molecule has 1 aromatic carbocycles. The first-order valence-electron chi connectivity index (χ1n) is 7.36. The highest BCUT2D eigenvalue weighted by molar-refractivity contribution is 5.46. The van der Waals surface area contributed by atoms with Crippen molar-refractivity contribution in [2.24, 2.45) is 0 Å². The number of ether oxygens (including phenoxy) is 1. The Labute approximate surface area is 115 Å². The van der Waals surface area contributed by atoms with Crippen LogP contribution in [0.3, 0.4) is 0 Å². The maximum Gasteiger partial charge on any atom is 0.122 e. The number of methoxy groups -OCH3 is 1. The Balaban J connectivity index is 1.93. The molecule has 102 valence electrons. The number of fused-ring (bicyclic) bond motifs is 1. The molecule has 1 saturated carbocycles. The van der Waals surface area contributed by atoms with Crippen molar-refractivity contribution in [1.29, 1.82) is 0 Å². The SMILES string of the molecule is C=CC[C@@H]1c2c(cccc2OC)CC[C@H]1NC1CC1. The van der Waals surface area contributed by atoms with Crippen LogP contribution in [0.15, 0.2) is 30.9 Å². The lowest BCUT2D eigenvalue weighted by molar-refractivity contribution is 0.357. The molecule has 0 saturated heterocycles. The Morgan fingerprint density at radius 3 is 2.89 bits per heavy atom. The van der Waals surface area contributed by atoms with Crippen molar-refractivity contribution in [2.45, 2.75) is 50.1 Å². The number of nitrogens with one attached hydrogen (secondary N) is 1. The Bertz CT molecular complexity index is 450. The van der Waals surface area contributed by atoms with E-state index in [-0.39, 0.29) is 0 Å². The second-order valence-corrected chi connectivity index (χ2v) is 5.75. The topological polar surface area (TPSA) is 21.3 Å². The van der Waals surface area contributed by atoms with Crippen molar-refractivity contribution in [3.63, 3.8) is 0 Å². The molecule has 3 rings (SSSR count). The van der Waals surface area contributed by atoms with Crippen LogP contribution in [-0.4, -0.2) is 19.2 Å². The van der Waals surface area contributed by atoms with Crippen LogP contribution in [0.1, 0.15) is 42.7 Å². The Hall–Kier alpha value is -1.28. The van der Waals surface area contributed by atoms with Gasteiger partial charge >= 0.3 is 0 Å². The van der Waals surface area contributed by atoms with Gasteiger partial charge in [-0.3, -0.25) is 0 Å². The summed E-state index contributed by atoms with van der Waals surface area (Å²) in [5.41, 5.74) is 2.87. The van der Waals surface area contributed by atoms with E-state index < -0.39 is 0 Å². The smallest absolute Gasteiger partial charge is 0.122 e. The van der Waals surface area contributed by atoms with Gasteiger partial charge in [0.25, 0.3) is 0 Å². The third kappa shape index (κ3) is 2.55. The van der Waals surface area contributed by atoms with Crippen molar-refractivity contribution in [3.05, 3.63) is 42.0 Å². The van der Waals surface area contributed by atoms with Gasteiger partial charge in [0.2, 0.25) is 0 Å². The van der Waals surface area contributed by atoms with Gasteiger partial charge in [-0.15, -0.1) is 6.58 Å². The minimum atomic E-state index is 0.512. The third-order valence-electron chi connectivity index (χ3n) is 4.41. The van der Waals surface area contributed by atoms with Gasteiger partial charge in [0.15, 0.2) is 0 Å². The summed E-state index contributed by atoms with van der Waals surface area (Å²) >= 11 is 0. The van der Waals surface area contributed by atoms with Crippen molar-refractivity contribution >= 4 is 0 Å². The summed E-state index contributed by atoms with van der Waals surface area (Å²) in [5.74, 6) is 1.56. The van der Waals surface area contributed by atoms with Gasteiger partial charge in [0.05, 0.1) is 7.11 Å². The molecule has 0 aromatic heterocycles. The van der Waals surface area contributed by atoms with E-state index in [1.54, 1.807) is 7.11 Å². The summed E-state index contributed by atoms with van der Waals surface area (Å²) in [6.45, 7) is 3.94. The van der Waals surface area contributed by atoms with Crippen LogP contribution in [0.4, 0.5) is 0 Å². The molecule has 2 atom stereocenters. The molecule has 1 N–H and O–H groups in total. The predicted molar refractivity (Wildman–Crippen MR) is 78.8 cm³/mol. The van der Waals surface area contributed by atoms with Crippen LogP contribution in [0.5, 0.6) is 5.75 Å². The van der Waals surface area contributed by atoms with E-state index in [1.165, 1.54) is 30.4 Å². The van der Waals surface area contributed by atoms with Gasteiger partial charge in [0, 0.05) is 23.6 Å². The van der Waals surface area contributed by atoms with E-state index in [9.17, 15) is 0 Å². The molecular weight excluding hydrogens is 234 g/mol. The molecule has 1 aromatic rings. The largest absolute Gasteiger partial charge is 0.496 e. The monoisotopic (exact) mass is 257 g/mol. The van der Waals surface area contributed by atoms with Gasteiger partial charge in [-0.2, -0.15) is 0 Å². The van der Waals surface area contributed by atoms with E-state index in [1.807, 2.05) is 6.08 Å². The zero-order chi connectivity index (χ0) is 13.2. The number of allylic oxidation sites excluding steroid dienone is 1. The van der Waals surface area contributed by atoms with Crippen LogP contribution in [0.2, 0.25) is 0 Å². The number of hydrogen-bond acceptors (Lipinski definition) is 2. The standard InChI is InChI=1S/C17H23NO/c1-3-5-14-15(18-13-9-10-13)11-8-12-6-4-7-16(19-2)17(12)14/h3-4,6-7,13-15,18H,1,5,8-11H2,2H3/t14-,15+/m0/s1. The van der Waals surface area contributed by atoms with Crippen molar-refractivity contribution in [1.82, 2.24) is 5.32 Å². The van der Waals surface area contributed by atoms with Gasteiger partial charge < -0.3 is 10.1 Å². The fourth-order valence-corrected chi connectivity index (χ4v) is 3.33. The van der Waals surface area contributed by atoms with E-state index >= 15 is 0 Å². The molecular formula is C17H23NO. The second-order valence-electron chi connectivity index (χ2n) is 5.75. The van der Waals surface area contributed by atoms with E-state index in [0.717, 1.165) is 24.6 Å². The second kappa shape index (κ2) is 5.38. The van der Waals surface area contributed by atoms with Crippen molar-refractivity contribution in [2.75, 3.05) is 7.11 Å². The van der Waals surface area contributed by atoms with Gasteiger partial charge in [0.1, 0.15) is 5.75 Å². The molecule has 1 fully saturated rings. The summed E-state index contributed by atoms with van der Waals surface area (Å²) in [6, 6.07) is 7.79. The number of hydrogen-bond donors (Lipinski definition) is 1. The zero-order valence-electron chi connectivity index (χ0n) is 11.7. The minimum absolute atomic E-state index is 0.512. The number of benzene rings is 1. The average molecular weight is 257 g/mol. The quantitative estimate of drug-likeness (QED) is 0.816. The number of rotatable bonds is 5. The molecule has 0 amide bonds. The highest BCUT2D eigenvalue weighted by atomic mass is 16.5. The van der Waals surface area contributed by atoms with E-state index in [2.05, 4.69) is 30.1 Å². The van der Waals surface area contributed by atoms with E-state index in [4.69, 9.17) is 4.74 Å². The predicted octanol–water partition coefficient (Wildman–Crippen LogP) is 3.42. The number of aryl methyl sites for hydroxylation is 1. The lowest BCUT2D eigenvalue weighted by Gasteiger charge is -2.35. The molecule has 2 aliphatic rings. The Kier molecular flexibility index (Phi) is 3.61. The first kappa shape index (κ1) is 12.7. The highest BCUT2D eigenvalue weighted by Gasteiger charge is 2.34. The van der Waals surface area contributed by atoms with Crippen LogP contribution in [-0.2, 0) is 6.42 Å². The summed E-state index contributed by atoms with van der Waals surface area (Å²) in [6.07, 6.45) is 8.15. The third-order valence-corrected chi connectivity index (χ3v) is 4.41. The van der Waals surface area contributed by atoms with Crippen molar-refractivity contribution < 1.29 is 4.74 Å². The van der Waals surface area contributed by atoms with Crippen LogP contribution in [0, 0.1) is 0 Å². The molecule has 0 spiro atoms. The van der Waals surface area contributed by atoms with Crippen LogP contribution < -0.4 is 10.1 Å². The average Bonchev–Trinajstić information content (AvgIpc) is 3.24. The maximum absolute atomic E-state index is 5.60. The van der Waals surface area contributed by atoms with Gasteiger partial charge in [-0.25, -0.2) is 0 Å². The lowest BCUT2D eigenvalue weighted by atomic mass is 9.77. The molecule has 0 radical (unpaired) electrons. The molecule has 0 bridgehead atoms. The summed E-state index contributed by atoms with van der Waals surface area (Å²) in [5, 5.41) is 3.82. The first-order valence-corrected chi connectivity index (χ1v) is 7.36. The van der Waals surface area contributed by atoms with Gasteiger partial charge in [-0.1, -0.05) is 18.2 Å². The Morgan fingerprint density at radius 2 is 2.21 bits per heavy atom. The van der Waals surface area contributed by atoms with E-state index in [0.29, 0.717) is 12.0 Å². The summed E-state index contributed by atoms with van der Waals surface area (Å²) in [7, 11) is 1.78. The first-order chi connectivity index (χ1) is 9.33. The van der Waals surface area contributed by atoms with Gasteiger partial charge in [-0.05, 0) is 43.7 Å². The highest BCUT2D eigenvalue weighted by Crippen LogP contribution is 2.41. The maximum atomic E-state index is 5.60. The molecule has 19 heavy (non-hydrogen) atoms. The lowest BCUT2D eigenvalue weighted by Crippen LogP contribution is -2.39.